The molecule has 1 aromatic carbocycles. The first kappa shape index (κ1) is 33.6. The summed E-state index contributed by atoms with van der Waals surface area (Å²) in [7, 11) is 0. The molecular formula is C19H10F19NO. The van der Waals surface area contributed by atoms with Crippen LogP contribution in [0.5, 0.6) is 0 Å². The van der Waals surface area contributed by atoms with E-state index in [9.17, 15) is 83.4 Å². The molecule has 0 amide bonds. The molecule has 1 aliphatic heterocycles. The summed E-state index contributed by atoms with van der Waals surface area (Å²) in [6, 6.07) is 6.55. The normalized spacial score (nSPS) is 19.0. The number of benzene rings is 1. The predicted octanol–water partition coefficient (Wildman–Crippen LogP) is 7.97. The Labute approximate surface area is 208 Å². The monoisotopic (exact) mass is 629 g/mol. The fourth-order valence-corrected chi connectivity index (χ4v) is 3.20. The molecule has 1 aromatic rings. The molecule has 1 N–H and O–H groups in total. The Morgan fingerprint density at radius 2 is 0.950 bits per heavy atom. The van der Waals surface area contributed by atoms with Gasteiger partial charge in [0.2, 0.25) is 0 Å². The zero-order chi connectivity index (χ0) is 31.6. The van der Waals surface area contributed by atoms with E-state index in [-0.39, 0.29) is 11.3 Å². The summed E-state index contributed by atoms with van der Waals surface area (Å²) in [6.45, 7) is 0. The highest BCUT2D eigenvalue weighted by atomic mass is 19.4. The number of alkyl halides is 19. The highest BCUT2D eigenvalue weighted by molar-refractivity contribution is 5.64. The van der Waals surface area contributed by atoms with Gasteiger partial charge in [-0.2, -0.15) is 79.0 Å². The second-order valence-electron chi connectivity index (χ2n) is 8.14. The van der Waals surface area contributed by atoms with Crippen molar-refractivity contribution in [3.63, 3.8) is 0 Å². The van der Waals surface area contributed by atoms with Crippen LogP contribution >= 0.6 is 0 Å². The van der Waals surface area contributed by atoms with Crippen LogP contribution in [0.15, 0.2) is 36.4 Å². The van der Waals surface area contributed by atoms with Crippen LogP contribution < -0.4 is 5.48 Å². The lowest BCUT2D eigenvalue weighted by Gasteiger charge is -2.45. The Balaban J connectivity index is 2.53. The molecule has 0 radical (unpaired) electrons. The van der Waals surface area contributed by atoms with Crippen molar-refractivity contribution in [1.82, 2.24) is 5.48 Å². The molecule has 0 saturated carbocycles. The smallest absolute Gasteiger partial charge is 0.268 e. The highest BCUT2D eigenvalue weighted by Crippen LogP contribution is 2.66. The van der Waals surface area contributed by atoms with Crippen molar-refractivity contribution in [2.75, 3.05) is 0 Å². The van der Waals surface area contributed by atoms with Gasteiger partial charge in [-0.1, -0.05) is 30.3 Å². The lowest BCUT2D eigenvalue weighted by atomic mass is 9.83. The lowest BCUT2D eigenvalue weighted by Crippen LogP contribution is -2.77. The number of hydroxylamine groups is 1. The van der Waals surface area contributed by atoms with Gasteiger partial charge in [-0.15, -0.1) is 0 Å². The molecule has 0 aromatic heterocycles. The van der Waals surface area contributed by atoms with Crippen molar-refractivity contribution >= 4 is 5.70 Å². The number of rotatable bonds is 9. The summed E-state index contributed by atoms with van der Waals surface area (Å²) in [5, 5.41) is 0. The highest BCUT2D eigenvalue weighted by Gasteiger charge is 2.98. The average Bonchev–Trinajstić information content (AvgIpc) is 3.24. The van der Waals surface area contributed by atoms with E-state index in [1.54, 1.807) is 0 Å². The minimum Gasteiger partial charge on any atom is -0.268 e. The van der Waals surface area contributed by atoms with E-state index < -0.39 is 66.1 Å². The molecule has 0 fully saturated rings. The van der Waals surface area contributed by atoms with Crippen LogP contribution in [-0.2, 0) is 4.84 Å². The maximum absolute atomic E-state index is 14.1. The Morgan fingerprint density at radius 1 is 0.550 bits per heavy atom. The molecule has 0 bridgehead atoms. The summed E-state index contributed by atoms with van der Waals surface area (Å²) in [6.07, 6.45) is -21.4. The molecule has 40 heavy (non-hydrogen) atoms. The van der Waals surface area contributed by atoms with Crippen LogP contribution in [0.2, 0.25) is 0 Å². The van der Waals surface area contributed by atoms with E-state index in [0.29, 0.717) is 6.08 Å². The van der Waals surface area contributed by atoms with Gasteiger partial charge in [-0.3, -0.25) is 10.3 Å². The molecule has 230 valence electrons. The van der Waals surface area contributed by atoms with Crippen molar-refractivity contribution in [2.45, 2.75) is 66.1 Å². The first-order chi connectivity index (χ1) is 17.5. The molecule has 21 heteroatoms. The quantitative estimate of drug-likeness (QED) is 0.280. The van der Waals surface area contributed by atoms with Crippen molar-refractivity contribution in [1.29, 1.82) is 0 Å². The fraction of sp³-hybridized carbons (Fsp3) is 0.579. The maximum atomic E-state index is 14.1. The third-order valence-corrected chi connectivity index (χ3v) is 5.47. The van der Waals surface area contributed by atoms with Gasteiger partial charge in [0, 0.05) is 0 Å². The van der Waals surface area contributed by atoms with Crippen molar-refractivity contribution in [3.05, 3.63) is 42.0 Å². The molecule has 1 atom stereocenters. The first-order valence-electron chi connectivity index (χ1n) is 9.82. The summed E-state index contributed by atoms with van der Waals surface area (Å²) in [5.74, 6) is -50.1. The van der Waals surface area contributed by atoms with Gasteiger partial charge in [0.25, 0.3) is 0 Å². The van der Waals surface area contributed by atoms with Crippen molar-refractivity contribution < 1.29 is 88.3 Å². The molecule has 1 aliphatic rings. The van der Waals surface area contributed by atoms with E-state index in [4.69, 9.17) is 0 Å². The van der Waals surface area contributed by atoms with Gasteiger partial charge in [0.1, 0.15) is 6.10 Å². The van der Waals surface area contributed by atoms with Gasteiger partial charge in [0.15, 0.2) is 0 Å². The molecule has 1 heterocycles. The summed E-state index contributed by atoms with van der Waals surface area (Å²) >= 11 is 0. The van der Waals surface area contributed by atoms with Gasteiger partial charge in [-0.05, 0) is 11.6 Å². The SMILES string of the molecule is FC(F)(F)C(F)(C(F)(F)F)C(F)(F)C(F)(F)C(F)(F)C(F)(F)C(F)(F)C(F)(F)CC1C=C(c2ccccc2)NO1. The molecule has 2 rings (SSSR count). The van der Waals surface area contributed by atoms with E-state index in [0.717, 1.165) is 0 Å². The van der Waals surface area contributed by atoms with Crippen LogP contribution in [0.25, 0.3) is 5.70 Å². The predicted molar refractivity (Wildman–Crippen MR) is 92.7 cm³/mol. The van der Waals surface area contributed by atoms with Gasteiger partial charge >= 0.3 is 53.6 Å². The van der Waals surface area contributed by atoms with E-state index >= 15 is 0 Å². The molecule has 0 saturated heterocycles. The Kier molecular flexibility index (Phi) is 7.95. The fourth-order valence-electron chi connectivity index (χ4n) is 3.20. The summed E-state index contributed by atoms with van der Waals surface area (Å²) in [5.41, 5.74) is -7.17. The van der Waals surface area contributed by atoms with E-state index in [1.165, 1.54) is 30.3 Å². The van der Waals surface area contributed by atoms with Crippen LogP contribution in [-0.4, -0.2) is 59.7 Å². The topological polar surface area (TPSA) is 21.3 Å². The maximum Gasteiger partial charge on any atom is 0.438 e. The van der Waals surface area contributed by atoms with Crippen LogP contribution in [0, 0.1) is 0 Å². The molecule has 0 aliphatic carbocycles. The second-order valence-corrected chi connectivity index (χ2v) is 8.14. The van der Waals surface area contributed by atoms with Crippen LogP contribution in [0.4, 0.5) is 83.4 Å². The lowest BCUT2D eigenvalue weighted by molar-refractivity contribution is -0.472. The molecule has 2 nitrogen and oxygen atoms in total. The molecular weight excluding hydrogens is 619 g/mol. The summed E-state index contributed by atoms with van der Waals surface area (Å²) < 4.78 is 255. The zero-order valence-electron chi connectivity index (χ0n) is 18.3. The van der Waals surface area contributed by atoms with E-state index in [1.807, 2.05) is 5.48 Å². The molecule has 1 unspecified atom stereocenters. The van der Waals surface area contributed by atoms with Gasteiger partial charge < -0.3 is 0 Å². The summed E-state index contributed by atoms with van der Waals surface area (Å²) in [4.78, 5) is 4.33. The number of halogens is 19. The minimum absolute atomic E-state index is 0.0721. The van der Waals surface area contributed by atoms with Gasteiger partial charge in [0.05, 0.1) is 12.1 Å². The Bertz CT molecular complexity index is 1070. The standard InChI is InChI=1S/C19H10F19NO/c20-11(21,7-9-6-10(39-40-9)8-4-2-1-3-5-8)13(23,24)15(27,28)17(31,32)16(29,30)14(25,26)12(22,18(33,34)35)19(36,37)38/h1-6,9,39H,7H2. The zero-order valence-corrected chi connectivity index (χ0v) is 18.3. The Hall–Kier alpha value is -2.61. The van der Waals surface area contributed by atoms with E-state index in [2.05, 4.69) is 4.84 Å². The number of hydrogen-bond donors (Lipinski definition) is 1. The number of nitrogens with one attached hydrogen (secondary N) is 1. The van der Waals surface area contributed by atoms with Gasteiger partial charge in [-0.25, -0.2) is 4.39 Å². The second kappa shape index (κ2) is 9.47. The number of hydrogen-bond acceptors (Lipinski definition) is 2. The van der Waals surface area contributed by atoms with Crippen LogP contribution in [0.1, 0.15) is 12.0 Å². The third kappa shape index (κ3) is 4.60. The molecule has 0 spiro atoms. The van der Waals surface area contributed by atoms with Crippen molar-refractivity contribution in [3.8, 4) is 0 Å². The Morgan fingerprint density at radius 3 is 1.38 bits per heavy atom. The van der Waals surface area contributed by atoms with Crippen molar-refractivity contribution in [2.24, 2.45) is 0 Å². The first-order valence-corrected chi connectivity index (χ1v) is 9.82. The third-order valence-electron chi connectivity index (χ3n) is 5.47. The minimum atomic E-state index is -9.03. The largest absolute Gasteiger partial charge is 0.438 e. The average molecular weight is 629 g/mol. The van der Waals surface area contributed by atoms with Crippen LogP contribution in [0.3, 0.4) is 0 Å².